The summed E-state index contributed by atoms with van der Waals surface area (Å²) in [5.74, 6) is -1.61. The topological polar surface area (TPSA) is 147 Å². The number of hydrogen-bond acceptors (Lipinski definition) is 8. The van der Waals surface area contributed by atoms with Crippen LogP contribution < -0.4 is 17.0 Å². The molecule has 0 aliphatic heterocycles. The number of rotatable bonds is 5. The Kier molecular flexibility index (Phi) is 4.93. The first kappa shape index (κ1) is 18.2. The third-order valence-corrected chi connectivity index (χ3v) is 3.67. The molecular formula is C15H17N3O7. The first-order valence-corrected chi connectivity index (χ1v) is 7.15. The molecule has 10 nitrogen and oxygen atoms in total. The number of aryl methyl sites for hydroxylation is 1. The average Bonchev–Trinajstić information content (AvgIpc) is 2.97. The molecule has 0 amide bonds. The van der Waals surface area contributed by atoms with Crippen molar-refractivity contribution >= 4 is 17.6 Å². The molecule has 0 radical (unpaired) electrons. The van der Waals surface area contributed by atoms with Gasteiger partial charge in [-0.2, -0.15) is 0 Å². The number of furan rings is 1. The van der Waals surface area contributed by atoms with E-state index in [1.54, 1.807) is 0 Å². The van der Waals surface area contributed by atoms with Crippen molar-refractivity contribution in [3.05, 3.63) is 49.6 Å². The first-order valence-electron chi connectivity index (χ1n) is 7.15. The lowest BCUT2D eigenvalue weighted by Crippen LogP contribution is -2.42. The number of carbonyl (C=O) groups is 2. The zero-order valence-electron chi connectivity index (χ0n) is 13.9. The molecule has 0 atom stereocenters. The summed E-state index contributed by atoms with van der Waals surface area (Å²) < 4.78 is 11.7. The van der Waals surface area contributed by atoms with Crippen LogP contribution >= 0.6 is 0 Å². The number of nitrogens with two attached hydrogens (primary N) is 1. The molecule has 2 aromatic rings. The molecule has 0 aliphatic rings. The van der Waals surface area contributed by atoms with Crippen molar-refractivity contribution in [1.82, 2.24) is 9.13 Å². The lowest BCUT2D eigenvalue weighted by Gasteiger charge is -2.10. The summed E-state index contributed by atoms with van der Waals surface area (Å²) in [5.41, 5.74) is 3.73. The van der Waals surface area contributed by atoms with Gasteiger partial charge in [0.2, 0.25) is 5.78 Å². The molecule has 0 spiro atoms. The van der Waals surface area contributed by atoms with Crippen LogP contribution in [0.5, 0.6) is 0 Å². The maximum absolute atomic E-state index is 12.2. The molecule has 0 aromatic carbocycles. The third kappa shape index (κ3) is 3.24. The number of ketones is 1. The highest BCUT2D eigenvalue weighted by molar-refractivity contribution is 6.02. The molecule has 0 aliphatic carbocycles. The van der Waals surface area contributed by atoms with Crippen LogP contribution in [0.3, 0.4) is 0 Å². The van der Waals surface area contributed by atoms with Gasteiger partial charge in [-0.3, -0.25) is 18.7 Å². The van der Waals surface area contributed by atoms with E-state index in [1.165, 1.54) is 27.1 Å². The Labute approximate surface area is 141 Å². The number of aromatic nitrogens is 2. The number of anilines is 1. The average molecular weight is 351 g/mol. The predicted octanol–water partition coefficient (Wildman–Crippen LogP) is -0.900. The highest BCUT2D eigenvalue weighted by Crippen LogP contribution is 2.16. The predicted molar refractivity (Wildman–Crippen MR) is 85.3 cm³/mol. The summed E-state index contributed by atoms with van der Waals surface area (Å²) in [6, 6.07) is 1.29. The summed E-state index contributed by atoms with van der Waals surface area (Å²) in [7, 11) is 2.52. The van der Waals surface area contributed by atoms with Crippen LogP contribution in [0, 0.1) is 6.92 Å². The summed E-state index contributed by atoms with van der Waals surface area (Å²) in [6.07, 6.45) is 0. The molecule has 2 heterocycles. The van der Waals surface area contributed by atoms with Gasteiger partial charge in [0.05, 0.1) is 0 Å². The fourth-order valence-corrected chi connectivity index (χ4v) is 2.23. The van der Waals surface area contributed by atoms with Crippen LogP contribution in [0.1, 0.15) is 32.2 Å². The third-order valence-electron chi connectivity index (χ3n) is 3.67. The highest BCUT2D eigenvalue weighted by Gasteiger charge is 2.23. The van der Waals surface area contributed by atoms with E-state index in [2.05, 4.69) is 0 Å². The number of aliphatic hydroxyl groups is 1. The Morgan fingerprint density at radius 2 is 1.92 bits per heavy atom. The molecule has 3 N–H and O–H groups in total. The molecule has 0 fully saturated rings. The van der Waals surface area contributed by atoms with E-state index < -0.39 is 41.8 Å². The fraction of sp³-hybridized carbons (Fsp3) is 0.333. The lowest BCUT2D eigenvalue weighted by molar-refractivity contribution is 0.0472. The summed E-state index contributed by atoms with van der Waals surface area (Å²) in [4.78, 5) is 48.0. The minimum atomic E-state index is -0.872. The molecule has 2 rings (SSSR count). The maximum Gasteiger partial charge on any atom is 0.342 e. The fourth-order valence-electron chi connectivity index (χ4n) is 2.23. The smallest absolute Gasteiger partial charge is 0.342 e. The number of esters is 1. The van der Waals surface area contributed by atoms with Crippen LogP contribution in [-0.4, -0.2) is 32.6 Å². The van der Waals surface area contributed by atoms with E-state index in [1.807, 2.05) is 0 Å². The summed E-state index contributed by atoms with van der Waals surface area (Å²) in [5, 5.41) is 8.98. The van der Waals surface area contributed by atoms with Gasteiger partial charge in [0.1, 0.15) is 35.1 Å². The lowest BCUT2D eigenvalue weighted by atomic mass is 10.2. The van der Waals surface area contributed by atoms with E-state index in [4.69, 9.17) is 20.0 Å². The molecule has 10 heteroatoms. The Morgan fingerprint density at radius 3 is 2.48 bits per heavy atom. The van der Waals surface area contributed by atoms with Gasteiger partial charge in [0, 0.05) is 14.1 Å². The minimum Gasteiger partial charge on any atom is -0.463 e. The molecule has 2 aromatic heterocycles. The number of carbonyl (C=O) groups excluding carboxylic acids is 2. The van der Waals surface area contributed by atoms with Crippen LogP contribution in [0.15, 0.2) is 20.1 Å². The van der Waals surface area contributed by atoms with Crippen molar-refractivity contribution < 1.29 is 23.8 Å². The van der Waals surface area contributed by atoms with Crippen LogP contribution in [0.25, 0.3) is 0 Å². The molecule has 25 heavy (non-hydrogen) atoms. The molecule has 0 saturated heterocycles. The van der Waals surface area contributed by atoms with E-state index in [-0.39, 0.29) is 22.9 Å². The number of aliphatic hydroxyl groups excluding tert-OH is 1. The van der Waals surface area contributed by atoms with E-state index in [0.717, 1.165) is 9.13 Å². The van der Waals surface area contributed by atoms with E-state index in [0.29, 0.717) is 0 Å². The zero-order valence-corrected chi connectivity index (χ0v) is 13.9. The van der Waals surface area contributed by atoms with Gasteiger partial charge in [-0.1, -0.05) is 0 Å². The van der Waals surface area contributed by atoms with Crippen LogP contribution in [0.2, 0.25) is 0 Å². The Bertz CT molecular complexity index is 965. The summed E-state index contributed by atoms with van der Waals surface area (Å²) >= 11 is 0. The molecule has 134 valence electrons. The van der Waals surface area contributed by atoms with Crippen LogP contribution in [-0.2, 0) is 25.4 Å². The Balaban J connectivity index is 2.24. The Morgan fingerprint density at radius 1 is 1.28 bits per heavy atom. The van der Waals surface area contributed by atoms with Crippen molar-refractivity contribution in [2.45, 2.75) is 13.5 Å². The second-order valence-electron chi connectivity index (χ2n) is 5.31. The van der Waals surface area contributed by atoms with Crippen molar-refractivity contribution in [1.29, 1.82) is 0 Å². The quantitative estimate of drug-likeness (QED) is 0.520. The minimum absolute atomic E-state index is 0.0539. The van der Waals surface area contributed by atoms with Crippen molar-refractivity contribution in [2.75, 3.05) is 12.3 Å². The molecular weight excluding hydrogens is 334 g/mol. The van der Waals surface area contributed by atoms with Crippen molar-refractivity contribution in [3.63, 3.8) is 0 Å². The number of hydrogen-bond donors (Lipinski definition) is 2. The number of ether oxygens (including phenoxy) is 1. The number of nitrogens with zero attached hydrogens (tertiary/aromatic N) is 2. The second-order valence-corrected chi connectivity index (χ2v) is 5.31. The first-order chi connectivity index (χ1) is 11.7. The molecule has 0 bridgehead atoms. The van der Waals surface area contributed by atoms with Crippen LogP contribution in [0.4, 0.5) is 5.82 Å². The maximum atomic E-state index is 12.2. The van der Waals surface area contributed by atoms with E-state index >= 15 is 0 Å². The van der Waals surface area contributed by atoms with Gasteiger partial charge in [0.15, 0.2) is 6.61 Å². The van der Waals surface area contributed by atoms with Gasteiger partial charge in [-0.05, 0) is 13.0 Å². The molecule has 0 saturated carbocycles. The highest BCUT2D eigenvalue weighted by atomic mass is 16.5. The Hall–Kier alpha value is -3.14. The van der Waals surface area contributed by atoms with Gasteiger partial charge >= 0.3 is 11.7 Å². The van der Waals surface area contributed by atoms with Gasteiger partial charge < -0.3 is 20.0 Å². The second kappa shape index (κ2) is 6.77. The van der Waals surface area contributed by atoms with Gasteiger partial charge in [0.25, 0.3) is 5.56 Å². The molecule has 0 unspecified atom stereocenters. The van der Waals surface area contributed by atoms with Gasteiger partial charge in [-0.15, -0.1) is 0 Å². The number of nitrogen functional groups attached to an aromatic ring is 1. The van der Waals surface area contributed by atoms with Gasteiger partial charge in [-0.25, -0.2) is 9.59 Å². The largest absolute Gasteiger partial charge is 0.463 e. The standard InChI is InChI=1S/C15H17N3O7/c1-7-9(4-8(5-19)25-7)14(22)24-6-10(20)11-12(16)17(2)15(23)18(3)13(11)21/h4,19H,5-6,16H2,1-3H3. The number of Topliss-reactive ketones (excluding diaryl/α,β-unsaturated/α-hetero) is 1. The zero-order chi connectivity index (χ0) is 18.9. The summed E-state index contributed by atoms with van der Waals surface area (Å²) in [6.45, 7) is 0.367. The monoisotopic (exact) mass is 351 g/mol. The van der Waals surface area contributed by atoms with Crippen molar-refractivity contribution in [3.8, 4) is 0 Å². The SMILES string of the molecule is Cc1oc(CO)cc1C(=O)OCC(=O)c1c(N)n(C)c(=O)n(C)c1=O. The van der Waals surface area contributed by atoms with E-state index in [9.17, 15) is 19.2 Å². The normalized spacial score (nSPS) is 10.7. The van der Waals surface area contributed by atoms with Crippen molar-refractivity contribution in [2.24, 2.45) is 14.1 Å².